The number of benzene rings is 1. The van der Waals surface area contributed by atoms with E-state index < -0.39 is 17.5 Å². The molecule has 1 aliphatic rings. The molecule has 2 amide bonds. The quantitative estimate of drug-likeness (QED) is 0.913. The number of halogens is 2. The van der Waals surface area contributed by atoms with Crippen LogP contribution in [0, 0.1) is 25.5 Å². The van der Waals surface area contributed by atoms with E-state index in [4.69, 9.17) is 0 Å². The third-order valence-corrected chi connectivity index (χ3v) is 4.68. The van der Waals surface area contributed by atoms with Gasteiger partial charge in [0.05, 0.1) is 12.0 Å². The van der Waals surface area contributed by atoms with Gasteiger partial charge in [0.2, 0.25) is 5.91 Å². The molecule has 0 bridgehead atoms. The van der Waals surface area contributed by atoms with Gasteiger partial charge < -0.3 is 14.8 Å². The summed E-state index contributed by atoms with van der Waals surface area (Å²) in [6, 6.07) is 4.79. The first-order valence-corrected chi connectivity index (χ1v) is 8.52. The number of H-pyrrole nitrogens is 1. The fourth-order valence-corrected chi connectivity index (χ4v) is 3.23. The van der Waals surface area contributed by atoms with Crippen molar-refractivity contribution < 1.29 is 18.4 Å². The van der Waals surface area contributed by atoms with E-state index in [-0.39, 0.29) is 11.5 Å². The summed E-state index contributed by atoms with van der Waals surface area (Å²) in [4.78, 5) is 31.2. The minimum absolute atomic E-state index is 0.00358. The number of nitrogens with one attached hydrogen (secondary N) is 1. The summed E-state index contributed by atoms with van der Waals surface area (Å²) in [7, 11) is 0. The van der Waals surface area contributed by atoms with E-state index in [2.05, 4.69) is 4.98 Å². The van der Waals surface area contributed by atoms with Crippen molar-refractivity contribution in [2.75, 3.05) is 26.2 Å². The summed E-state index contributed by atoms with van der Waals surface area (Å²) < 4.78 is 27.1. The van der Waals surface area contributed by atoms with Crippen LogP contribution in [-0.2, 0) is 11.2 Å². The number of rotatable bonds is 3. The van der Waals surface area contributed by atoms with Gasteiger partial charge in [-0.1, -0.05) is 0 Å². The van der Waals surface area contributed by atoms with Crippen molar-refractivity contribution in [3.8, 4) is 0 Å². The molecule has 0 radical (unpaired) electrons. The Hall–Kier alpha value is -2.70. The average molecular weight is 361 g/mol. The number of piperazine rings is 1. The average Bonchev–Trinajstić information content (AvgIpc) is 2.93. The molecule has 2 heterocycles. The highest BCUT2D eigenvalue weighted by Gasteiger charge is 2.26. The van der Waals surface area contributed by atoms with Crippen LogP contribution in [0.15, 0.2) is 24.3 Å². The van der Waals surface area contributed by atoms with Crippen LogP contribution in [-0.4, -0.2) is 52.8 Å². The first-order chi connectivity index (χ1) is 12.3. The summed E-state index contributed by atoms with van der Waals surface area (Å²) in [5.41, 5.74) is 2.68. The fraction of sp³-hybridized carbons (Fsp3) is 0.368. The monoisotopic (exact) mass is 361 g/mol. The second kappa shape index (κ2) is 7.27. The fourth-order valence-electron chi connectivity index (χ4n) is 3.23. The number of aromatic nitrogens is 1. The summed E-state index contributed by atoms with van der Waals surface area (Å²) in [6.07, 6.45) is 0.308. The normalized spacial score (nSPS) is 14.6. The molecule has 1 N–H and O–H groups in total. The van der Waals surface area contributed by atoms with Gasteiger partial charge in [-0.25, -0.2) is 8.78 Å². The largest absolute Gasteiger partial charge is 0.362 e. The minimum Gasteiger partial charge on any atom is -0.362 e. The van der Waals surface area contributed by atoms with Crippen LogP contribution in [0.3, 0.4) is 0 Å². The van der Waals surface area contributed by atoms with Crippen LogP contribution < -0.4 is 0 Å². The molecule has 0 saturated carbocycles. The Morgan fingerprint density at radius 3 is 2.31 bits per heavy atom. The molecule has 0 spiro atoms. The second-order valence-electron chi connectivity index (χ2n) is 6.58. The number of amides is 2. The van der Waals surface area contributed by atoms with Gasteiger partial charge in [-0.15, -0.1) is 0 Å². The van der Waals surface area contributed by atoms with E-state index in [1.807, 2.05) is 19.9 Å². The van der Waals surface area contributed by atoms with Crippen LogP contribution >= 0.6 is 0 Å². The topological polar surface area (TPSA) is 56.4 Å². The number of aryl methyl sites for hydroxylation is 2. The lowest BCUT2D eigenvalue weighted by atomic mass is 10.1. The molecule has 0 unspecified atom stereocenters. The second-order valence-corrected chi connectivity index (χ2v) is 6.58. The highest BCUT2D eigenvalue weighted by molar-refractivity contribution is 5.94. The molecule has 0 atom stereocenters. The Balaban J connectivity index is 1.60. The van der Waals surface area contributed by atoms with Crippen molar-refractivity contribution in [2.45, 2.75) is 20.3 Å². The van der Waals surface area contributed by atoms with Crippen LogP contribution in [0.1, 0.15) is 27.3 Å². The predicted molar refractivity (Wildman–Crippen MR) is 92.8 cm³/mol. The zero-order chi connectivity index (χ0) is 18.8. The van der Waals surface area contributed by atoms with Crippen molar-refractivity contribution in [1.29, 1.82) is 0 Å². The highest BCUT2D eigenvalue weighted by Crippen LogP contribution is 2.16. The molecule has 1 aromatic heterocycles. The number of nitrogens with zero attached hydrogens (tertiary/aromatic N) is 2. The van der Waals surface area contributed by atoms with Crippen molar-refractivity contribution in [3.05, 3.63) is 58.4 Å². The van der Waals surface area contributed by atoms with Gasteiger partial charge in [-0.3, -0.25) is 9.59 Å². The smallest absolute Gasteiger partial charge is 0.257 e. The molecule has 1 fully saturated rings. The van der Waals surface area contributed by atoms with E-state index in [1.165, 1.54) is 4.90 Å². The Kier molecular flexibility index (Phi) is 5.06. The Morgan fingerprint density at radius 1 is 1.04 bits per heavy atom. The molecule has 0 aliphatic carbocycles. The predicted octanol–water partition coefficient (Wildman–Crippen LogP) is 2.44. The molecule has 26 heavy (non-hydrogen) atoms. The van der Waals surface area contributed by atoms with E-state index in [1.54, 1.807) is 4.90 Å². The maximum absolute atomic E-state index is 13.8. The third-order valence-electron chi connectivity index (χ3n) is 4.68. The zero-order valence-electron chi connectivity index (χ0n) is 14.8. The molecular formula is C19H21F2N3O2. The van der Waals surface area contributed by atoms with Crippen LogP contribution in [0.4, 0.5) is 8.78 Å². The summed E-state index contributed by atoms with van der Waals surface area (Å²) in [6.45, 7) is 5.22. The van der Waals surface area contributed by atoms with Crippen molar-refractivity contribution in [2.24, 2.45) is 0 Å². The Bertz CT molecular complexity index is 839. The molecule has 138 valence electrons. The van der Waals surface area contributed by atoms with Gasteiger partial charge in [-0.05, 0) is 43.7 Å². The van der Waals surface area contributed by atoms with E-state index in [0.29, 0.717) is 32.6 Å². The highest BCUT2D eigenvalue weighted by atomic mass is 19.1. The number of hydrogen-bond donors (Lipinski definition) is 1. The number of carbonyl (C=O) groups excluding carboxylic acids is 2. The zero-order valence-corrected chi connectivity index (χ0v) is 14.8. The first-order valence-electron chi connectivity index (χ1n) is 8.52. The SMILES string of the molecule is Cc1cc(CC(=O)N2CCN(C(=O)c3cc(F)ccc3F)CC2)c(C)[nH]1. The van der Waals surface area contributed by atoms with Crippen molar-refractivity contribution >= 4 is 11.8 Å². The summed E-state index contributed by atoms with van der Waals surface area (Å²) in [5.74, 6) is -1.95. The van der Waals surface area contributed by atoms with Crippen LogP contribution in [0.25, 0.3) is 0 Å². The van der Waals surface area contributed by atoms with E-state index >= 15 is 0 Å². The summed E-state index contributed by atoms with van der Waals surface area (Å²) >= 11 is 0. The van der Waals surface area contributed by atoms with Crippen molar-refractivity contribution in [3.63, 3.8) is 0 Å². The number of hydrogen-bond acceptors (Lipinski definition) is 2. The van der Waals surface area contributed by atoms with Gasteiger partial charge in [0.15, 0.2) is 0 Å². The van der Waals surface area contributed by atoms with Crippen LogP contribution in [0.5, 0.6) is 0 Å². The molecule has 3 rings (SSSR count). The summed E-state index contributed by atoms with van der Waals surface area (Å²) in [5, 5.41) is 0. The molecule has 1 aliphatic heterocycles. The van der Waals surface area contributed by atoms with Crippen LogP contribution in [0.2, 0.25) is 0 Å². The number of aromatic amines is 1. The van der Waals surface area contributed by atoms with Gasteiger partial charge in [0.25, 0.3) is 5.91 Å². The Labute approximate surface area is 150 Å². The lowest BCUT2D eigenvalue weighted by molar-refractivity contribution is -0.131. The van der Waals surface area contributed by atoms with Crippen molar-refractivity contribution in [1.82, 2.24) is 14.8 Å². The maximum Gasteiger partial charge on any atom is 0.257 e. The maximum atomic E-state index is 13.8. The van der Waals surface area contributed by atoms with E-state index in [0.717, 1.165) is 35.2 Å². The van der Waals surface area contributed by atoms with Gasteiger partial charge in [-0.2, -0.15) is 0 Å². The molecule has 5 nitrogen and oxygen atoms in total. The third kappa shape index (κ3) is 3.76. The lowest BCUT2D eigenvalue weighted by Gasteiger charge is -2.35. The molecular weight excluding hydrogens is 340 g/mol. The van der Waals surface area contributed by atoms with Gasteiger partial charge in [0.1, 0.15) is 11.6 Å². The number of carbonyl (C=O) groups is 2. The standard InChI is InChI=1S/C19H21F2N3O2/c1-12-9-14(13(2)22-12)10-18(25)23-5-7-24(8-6-23)19(26)16-11-15(20)3-4-17(16)21/h3-4,9,11,22H,5-8,10H2,1-2H3. The molecule has 1 saturated heterocycles. The molecule has 1 aromatic carbocycles. The first kappa shape index (κ1) is 18.1. The van der Waals surface area contributed by atoms with E-state index in [9.17, 15) is 18.4 Å². The molecule has 2 aromatic rings. The van der Waals surface area contributed by atoms with Gasteiger partial charge >= 0.3 is 0 Å². The molecule has 7 heteroatoms. The lowest BCUT2D eigenvalue weighted by Crippen LogP contribution is -2.51. The Morgan fingerprint density at radius 2 is 1.69 bits per heavy atom. The minimum atomic E-state index is -0.742. The van der Waals surface area contributed by atoms with Gasteiger partial charge in [0, 0.05) is 37.6 Å².